The summed E-state index contributed by atoms with van der Waals surface area (Å²) in [6, 6.07) is 11.7. The first kappa shape index (κ1) is 14.1. The molecule has 0 aliphatic heterocycles. The van der Waals surface area contributed by atoms with Gasteiger partial charge in [0, 0.05) is 0 Å². The van der Waals surface area contributed by atoms with E-state index in [1.54, 1.807) is 6.92 Å². The van der Waals surface area contributed by atoms with Gasteiger partial charge in [-0.1, -0.05) is 18.2 Å². The van der Waals surface area contributed by atoms with Gasteiger partial charge in [0.25, 0.3) is 0 Å². The molecule has 2 rings (SSSR count). The Kier molecular flexibility index (Phi) is 4.27. The molecule has 0 spiro atoms. The average Bonchev–Trinajstić information content (AvgIpc) is 2.36. The van der Waals surface area contributed by atoms with Crippen LogP contribution in [0.1, 0.15) is 29.7 Å². The summed E-state index contributed by atoms with van der Waals surface area (Å²) in [7, 11) is 0. The minimum atomic E-state index is -0.481. The number of hydrogen-bond donors (Lipinski definition) is 1. The van der Waals surface area contributed by atoms with E-state index < -0.39 is 6.10 Å². The van der Waals surface area contributed by atoms with Crippen LogP contribution in [0.4, 0.5) is 0 Å². The summed E-state index contributed by atoms with van der Waals surface area (Å²) in [5.41, 5.74) is 3.12. The van der Waals surface area contributed by atoms with Gasteiger partial charge in [0.1, 0.15) is 11.5 Å². The predicted molar refractivity (Wildman–Crippen MR) is 80.8 cm³/mol. The Morgan fingerprint density at radius 1 is 1.05 bits per heavy atom. The number of aliphatic hydroxyl groups excluding tert-OH is 1. The number of benzene rings is 2. The number of aryl methyl sites for hydroxylation is 2. The highest BCUT2D eigenvalue weighted by atomic mass is 79.9. The summed E-state index contributed by atoms with van der Waals surface area (Å²) in [6.45, 7) is 5.80. The molecular weight excluding hydrogens is 304 g/mol. The van der Waals surface area contributed by atoms with Crippen LogP contribution in [0.15, 0.2) is 40.9 Å². The second-order valence-electron chi connectivity index (χ2n) is 4.74. The Labute approximate surface area is 122 Å². The van der Waals surface area contributed by atoms with Crippen LogP contribution in [0.5, 0.6) is 11.5 Å². The van der Waals surface area contributed by atoms with E-state index in [2.05, 4.69) is 22.0 Å². The molecule has 1 N–H and O–H groups in total. The molecule has 0 unspecified atom stereocenters. The molecule has 0 saturated heterocycles. The maximum Gasteiger partial charge on any atom is 0.141 e. The first-order valence-electron chi connectivity index (χ1n) is 6.20. The van der Waals surface area contributed by atoms with Crippen LogP contribution in [0.2, 0.25) is 0 Å². The van der Waals surface area contributed by atoms with Gasteiger partial charge in [0.05, 0.1) is 10.6 Å². The minimum absolute atomic E-state index is 0.481. The van der Waals surface area contributed by atoms with Gasteiger partial charge in [-0.05, 0) is 71.6 Å². The lowest BCUT2D eigenvalue weighted by atomic mass is 10.1. The Morgan fingerprint density at radius 3 is 2.42 bits per heavy atom. The van der Waals surface area contributed by atoms with Crippen molar-refractivity contribution in [2.45, 2.75) is 26.9 Å². The molecule has 2 aromatic rings. The fourth-order valence-corrected chi connectivity index (χ4v) is 2.27. The topological polar surface area (TPSA) is 29.5 Å². The zero-order chi connectivity index (χ0) is 14.0. The van der Waals surface area contributed by atoms with E-state index in [1.807, 2.05) is 44.2 Å². The van der Waals surface area contributed by atoms with E-state index in [0.29, 0.717) is 0 Å². The Morgan fingerprint density at radius 2 is 1.79 bits per heavy atom. The van der Waals surface area contributed by atoms with Crippen LogP contribution in [0.25, 0.3) is 0 Å². The molecule has 2 aromatic carbocycles. The monoisotopic (exact) mass is 320 g/mol. The summed E-state index contributed by atoms with van der Waals surface area (Å²) in [5.74, 6) is 1.60. The highest BCUT2D eigenvalue weighted by Gasteiger charge is 2.08. The van der Waals surface area contributed by atoms with Gasteiger partial charge < -0.3 is 9.84 Å². The van der Waals surface area contributed by atoms with Crippen LogP contribution in [-0.2, 0) is 0 Å². The SMILES string of the molecule is Cc1ccc(C)c(Oc2ccc([C@@H](C)O)cc2Br)c1. The summed E-state index contributed by atoms with van der Waals surface area (Å²) >= 11 is 3.48. The zero-order valence-corrected chi connectivity index (χ0v) is 12.9. The smallest absolute Gasteiger partial charge is 0.141 e. The third-order valence-corrected chi connectivity index (χ3v) is 3.62. The lowest BCUT2D eigenvalue weighted by molar-refractivity contribution is 0.199. The fraction of sp³-hybridized carbons (Fsp3) is 0.250. The molecule has 0 aliphatic rings. The molecule has 0 aliphatic carbocycles. The first-order valence-corrected chi connectivity index (χ1v) is 6.99. The van der Waals surface area contributed by atoms with Crippen LogP contribution in [-0.4, -0.2) is 5.11 Å². The molecule has 0 aromatic heterocycles. The number of halogens is 1. The quantitative estimate of drug-likeness (QED) is 0.870. The third kappa shape index (κ3) is 3.37. The van der Waals surface area contributed by atoms with Crippen molar-refractivity contribution in [3.8, 4) is 11.5 Å². The second-order valence-corrected chi connectivity index (χ2v) is 5.59. The van der Waals surface area contributed by atoms with Crippen molar-refractivity contribution < 1.29 is 9.84 Å². The molecule has 0 amide bonds. The van der Waals surface area contributed by atoms with E-state index in [4.69, 9.17) is 4.74 Å². The standard InChI is InChI=1S/C16H17BrO2/c1-10-4-5-11(2)16(8-10)19-15-7-6-13(12(3)18)9-14(15)17/h4-9,12,18H,1-3H3/t12-/m1/s1. The molecule has 0 heterocycles. The van der Waals surface area contributed by atoms with Crippen LogP contribution in [0.3, 0.4) is 0 Å². The largest absolute Gasteiger partial charge is 0.456 e. The minimum Gasteiger partial charge on any atom is -0.456 e. The van der Waals surface area contributed by atoms with Gasteiger partial charge in [-0.15, -0.1) is 0 Å². The van der Waals surface area contributed by atoms with Gasteiger partial charge >= 0.3 is 0 Å². The molecule has 1 atom stereocenters. The number of rotatable bonds is 3. The van der Waals surface area contributed by atoms with Crippen LogP contribution >= 0.6 is 15.9 Å². The predicted octanol–water partition coefficient (Wildman–Crippen LogP) is 4.91. The highest BCUT2D eigenvalue weighted by molar-refractivity contribution is 9.10. The molecule has 19 heavy (non-hydrogen) atoms. The number of hydrogen-bond acceptors (Lipinski definition) is 2. The van der Waals surface area contributed by atoms with Gasteiger partial charge in [-0.25, -0.2) is 0 Å². The van der Waals surface area contributed by atoms with Crippen molar-refractivity contribution in [2.75, 3.05) is 0 Å². The van der Waals surface area contributed by atoms with Crippen molar-refractivity contribution in [3.63, 3.8) is 0 Å². The normalized spacial score (nSPS) is 12.3. The zero-order valence-electron chi connectivity index (χ0n) is 11.3. The van der Waals surface area contributed by atoms with Crippen LogP contribution in [0, 0.1) is 13.8 Å². The summed E-state index contributed by atoms with van der Waals surface area (Å²) in [5, 5.41) is 9.55. The molecule has 3 heteroatoms. The lowest BCUT2D eigenvalue weighted by Crippen LogP contribution is -1.93. The Hall–Kier alpha value is -1.32. The van der Waals surface area contributed by atoms with Gasteiger partial charge in [-0.3, -0.25) is 0 Å². The van der Waals surface area contributed by atoms with Crippen molar-refractivity contribution >= 4 is 15.9 Å². The summed E-state index contributed by atoms with van der Waals surface area (Å²) < 4.78 is 6.77. The molecule has 0 bridgehead atoms. The fourth-order valence-electron chi connectivity index (χ4n) is 1.80. The molecule has 0 fully saturated rings. The van der Waals surface area contributed by atoms with Crippen LogP contribution < -0.4 is 4.74 Å². The van der Waals surface area contributed by atoms with Gasteiger partial charge in [0.15, 0.2) is 0 Å². The Balaban J connectivity index is 2.31. The van der Waals surface area contributed by atoms with E-state index in [1.165, 1.54) is 0 Å². The van der Waals surface area contributed by atoms with E-state index >= 15 is 0 Å². The molecule has 100 valence electrons. The van der Waals surface area contributed by atoms with E-state index in [0.717, 1.165) is 32.7 Å². The van der Waals surface area contributed by atoms with E-state index in [-0.39, 0.29) is 0 Å². The maximum atomic E-state index is 9.55. The summed E-state index contributed by atoms with van der Waals surface area (Å²) in [4.78, 5) is 0. The van der Waals surface area contributed by atoms with E-state index in [9.17, 15) is 5.11 Å². The van der Waals surface area contributed by atoms with Gasteiger partial charge in [-0.2, -0.15) is 0 Å². The van der Waals surface area contributed by atoms with Gasteiger partial charge in [0.2, 0.25) is 0 Å². The number of ether oxygens (including phenoxy) is 1. The maximum absolute atomic E-state index is 9.55. The molecule has 0 saturated carbocycles. The van der Waals surface area contributed by atoms with Crippen molar-refractivity contribution in [3.05, 3.63) is 57.6 Å². The van der Waals surface area contributed by atoms with Crippen molar-refractivity contribution in [1.82, 2.24) is 0 Å². The lowest BCUT2D eigenvalue weighted by Gasteiger charge is -2.13. The summed E-state index contributed by atoms with van der Waals surface area (Å²) in [6.07, 6.45) is -0.481. The Bertz CT molecular complexity index is 591. The molecule has 2 nitrogen and oxygen atoms in total. The molecule has 0 radical (unpaired) electrons. The second kappa shape index (κ2) is 5.76. The number of aliphatic hydroxyl groups is 1. The van der Waals surface area contributed by atoms with Crippen molar-refractivity contribution in [2.24, 2.45) is 0 Å². The third-order valence-electron chi connectivity index (χ3n) is 3.00. The highest BCUT2D eigenvalue weighted by Crippen LogP contribution is 2.33. The molecular formula is C16H17BrO2. The average molecular weight is 321 g/mol. The first-order chi connectivity index (χ1) is 8.97. The van der Waals surface area contributed by atoms with Crippen molar-refractivity contribution in [1.29, 1.82) is 0 Å².